The van der Waals surface area contributed by atoms with Gasteiger partial charge in [-0.2, -0.15) is 0 Å². The molecule has 0 unspecified atom stereocenters. The summed E-state index contributed by atoms with van der Waals surface area (Å²) >= 11 is 0. The molecule has 0 atom stereocenters. The molecule has 8 heteroatoms. The van der Waals surface area contributed by atoms with Gasteiger partial charge in [0.15, 0.2) is 17.5 Å². The monoisotopic (exact) mass is 384 g/mol. The second-order valence-corrected chi connectivity index (χ2v) is 6.50. The summed E-state index contributed by atoms with van der Waals surface area (Å²) in [5.74, 6) is 3.40. The first-order valence-electron chi connectivity index (χ1n) is 9.56. The molecule has 1 aliphatic rings. The van der Waals surface area contributed by atoms with Crippen LogP contribution in [0.1, 0.15) is 18.3 Å². The van der Waals surface area contributed by atoms with Gasteiger partial charge in [-0.15, -0.1) is 16.8 Å². The third-order valence-electron chi connectivity index (χ3n) is 4.41. The number of hydrogen-bond acceptors (Lipinski definition) is 5. The highest BCUT2D eigenvalue weighted by Crippen LogP contribution is 2.31. The predicted molar refractivity (Wildman–Crippen MR) is 109 cm³/mol. The Bertz CT molecular complexity index is 817. The molecule has 0 saturated carbocycles. The molecule has 1 aliphatic heterocycles. The van der Waals surface area contributed by atoms with Gasteiger partial charge in [0, 0.05) is 33.1 Å². The van der Waals surface area contributed by atoms with Gasteiger partial charge in [-0.25, -0.2) is 0 Å². The van der Waals surface area contributed by atoms with Gasteiger partial charge in [0.2, 0.25) is 0 Å². The summed E-state index contributed by atoms with van der Waals surface area (Å²) in [6.07, 6.45) is 4.43. The number of fused-ring (bicyclic) bond motifs is 1. The van der Waals surface area contributed by atoms with E-state index in [1.54, 1.807) is 6.33 Å². The highest BCUT2D eigenvalue weighted by molar-refractivity contribution is 5.79. The Morgan fingerprint density at radius 3 is 2.96 bits per heavy atom. The predicted octanol–water partition coefficient (Wildman–Crippen LogP) is 1.88. The summed E-state index contributed by atoms with van der Waals surface area (Å²) in [6, 6.07) is 6.05. The average Bonchev–Trinajstić information content (AvgIpc) is 3.17. The highest BCUT2D eigenvalue weighted by atomic mass is 16.6. The fourth-order valence-electron chi connectivity index (χ4n) is 3.01. The summed E-state index contributed by atoms with van der Waals surface area (Å²) in [5.41, 5.74) is 1.13. The van der Waals surface area contributed by atoms with E-state index in [9.17, 15) is 0 Å². The maximum atomic E-state index is 5.68. The number of ether oxygens (including phenoxy) is 2. The van der Waals surface area contributed by atoms with Gasteiger partial charge in [-0.1, -0.05) is 19.1 Å². The van der Waals surface area contributed by atoms with Gasteiger partial charge in [-0.3, -0.25) is 4.99 Å². The normalized spacial score (nSPS) is 13.3. The minimum atomic E-state index is 0.586. The number of nitrogens with zero attached hydrogens (tertiary/aromatic N) is 5. The van der Waals surface area contributed by atoms with Crippen molar-refractivity contribution in [3.05, 3.63) is 48.6 Å². The Balaban J connectivity index is 1.65. The zero-order chi connectivity index (χ0) is 19.8. The lowest BCUT2D eigenvalue weighted by atomic mass is 10.2. The van der Waals surface area contributed by atoms with E-state index in [0.717, 1.165) is 41.8 Å². The van der Waals surface area contributed by atoms with E-state index in [1.165, 1.54) is 0 Å². The summed E-state index contributed by atoms with van der Waals surface area (Å²) in [7, 11) is 2.02. The van der Waals surface area contributed by atoms with E-state index in [4.69, 9.17) is 14.5 Å². The fraction of sp³-hybridized carbons (Fsp3) is 0.450. The fourth-order valence-corrected chi connectivity index (χ4v) is 3.01. The molecule has 0 radical (unpaired) electrons. The van der Waals surface area contributed by atoms with Gasteiger partial charge in [-0.05, 0) is 17.7 Å². The van der Waals surface area contributed by atoms with E-state index in [1.807, 2.05) is 29.8 Å². The molecule has 0 aliphatic carbocycles. The van der Waals surface area contributed by atoms with Crippen LogP contribution in [0.4, 0.5) is 0 Å². The van der Waals surface area contributed by atoms with Gasteiger partial charge < -0.3 is 24.3 Å². The lowest BCUT2D eigenvalue weighted by Crippen LogP contribution is -2.39. The van der Waals surface area contributed by atoms with Crippen molar-refractivity contribution < 1.29 is 9.47 Å². The Morgan fingerprint density at radius 1 is 1.36 bits per heavy atom. The standard InChI is InChI=1S/C20H28N6O2/c1-4-8-21-20(22-9-10-26-15-23-24-19(26)5-2)25(3)14-16-6-7-17-18(13-16)28-12-11-27-17/h4,6-7,13,15H,1,5,8-12,14H2,2-3H3,(H,21,22). The Hall–Kier alpha value is -3.03. The number of rotatable bonds is 8. The van der Waals surface area contributed by atoms with Gasteiger partial charge in [0.1, 0.15) is 25.4 Å². The van der Waals surface area contributed by atoms with Crippen LogP contribution in [0.2, 0.25) is 0 Å². The van der Waals surface area contributed by atoms with Crippen LogP contribution in [0.3, 0.4) is 0 Å². The van der Waals surface area contributed by atoms with Crippen LogP contribution >= 0.6 is 0 Å². The van der Waals surface area contributed by atoms with Crippen molar-refractivity contribution in [3.8, 4) is 11.5 Å². The number of guanidine groups is 1. The molecule has 2 aromatic rings. The number of aryl methyl sites for hydroxylation is 1. The first-order chi connectivity index (χ1) is 13.7. The van der Waals surface area contributed by atoms with Crippen LogP contribution in [0.15, 0.2) is 42.2 Å². The van der Waals surface area contributed by atoms with E-state index < -0.39 is 0 Å². The van der Waals surface area contributed by atoms with Crippen molar-refractivity contribution in [2.45, 2.75) is 26.4 Å². The molecule has 0 amide bonds. The number of aliphatic imine (C=N–C) groups is 1. The van der Waals surface area contributed by atoms with Gasteiger partial charge in [0.25, 0.3) is 0 Å². The van der Waals surface area contributed by atoms with Gasteiger partial charge in [0.05, 0.1) is 6.54 Å². The van der Waals surface area contributed by atoms with E-state index in [2.05, 4.69) is 40.0 Å². The molecule has 1 aromatic heterocycles. The van der Waals surface area contributed by atoms with Crippen LogP contribution in [-0.2, 0) is 19.5 Å². The van der Waals surface area contributed by atoms with E-state index in [-0.39, 0.29) is 0 Å². The third kappa shape index (κ3) is 5.03. The molecule has 0 saturated heterocycles. The summed E-state index contributed by atoms with van der Waals surface area (Å²) in [6.45, 7) is 9.77. The smallest absolute Gasteiger partial charge is 0.194 e. The molecular formula is C20H28N6O2. The van der Waals surface area contributed by atoms with Crippen LogP contribution in [0.5, 0.6) is 11.5 Å². The maximum Gasteiger partial charge on any atom is 0.194 e. The molecule has 1 aromatic carbocycles. The molecule has 1 N–H and O–H groups in total. The Kier molecular flexibility index (Phi) is 6.89. The molecule has 0 bridgehead atoms. The number of aromatic nitrogens is 3. The van der Waals surface area contributed by atoms with E-state index >= 15 is 0 Å². The molecule has 3 rings (SSSR count). The van der Waals surface area contributed by atoms with Crippen molar-refractivity contribution in [3.63, 3.8) is 0 Å². The van der Waals surface area contributed by atoms with Crippen molar-refractivity contribution in [1.82, 2.24) is 25.0 Å². The molecule has 150 valence electrons. The number of nitrogens with one attached hydrogen (secondary N) is 1. The summed E-state index contributed by atoms with van der Waals surface area (Å²) < 4.78 is 13.3. The molecule has 0 fully saturated rings. The summed E-state index contributed by atoms with van der Waals surface area (Å²) in [5, 5.41) is 11.4. The third-order valence-corrected chi connectivity index (χ3v) is 4.41. The van der Waals surface area contributed by atoms with Crippen LogP contribution in [-0.4, -0.2) is 59.0 Å². The van der Waals surface area contributed by atoms with Crippen LogP contribution in [0, 0.1) is 0 Å². The first-order valence-corrected chi connectivity index (χ1v) is 9.56. The quantitative estimate of drug-likeness (QED) is 0.425. The number of benzene rings is 1. The van der Waals surface area contributed by atoms with Crippen LogP contribution < -0.4 is 14.8 Å². The second kappa shape index (κ2) is 9.77. The average molecular weight is 384 g/mol. The highest BCUT2D eigenvalue weighted by Gasteiger charge is 2.13. The van der Waals surface area contributed by atoms with E-state index in [0.29, 0.717) is 32.8 Å². The summed E-state index contributed by atoms with van der Waals surface area (Å²) in [4.78, 5) is 6.83. The largest absolute Gasteiger partial charge is 0.486 e. The van der Waals surface area contributed by atoms with Crippen molar-refractivity contribution in [1.29, 1.82) is 0 Å². The zero-order valence-electron chi connectivity index (χ0n) is 16.6. The Morgan fingerprint density at radius 2 is 2.18 bits per heavy atom. The molecular weight excluding hydrogens is 356 g/mol. The lowest BCUT2D eigenvalue weighted by molar-refractivity contribution is 0.171. The molecule has 8 nitrogen and oxygen atoms in total. The second-order valence-electron chi connectivity index (χ2n) is 6.50. The minimum absolute atomic E-state index is 0.586. The van der Waals surface area contributed by atoms with Crippen molar-refractivity contribution >= 4 is 5.96 Å². The number of hydrogen-bond donors (Lipinski definition) is 1. The maximum absolute atomic E-state index is 5.68. The topological polar surface area (TPSA) is 76.8 Å². The van der Waals surface area contributed by atoms with Crippen molar-refractivity contribution in [2.75, 3.05) is 33.4 Å². The first kappa shape index (κ1) is 19.7. The van der Waals surface area contributed by atoms with Crippen molar-refractivity contribution in [2.24, 2.45) is 4.99 Å². The van der Waals surface area contributed by atoms with Crippen LogP contribution in [0.25, 0.3) is 0 Å². The lowest BCUT2D eigenvalue weighted by Gasteiger charge is -2.24. The molecule has 28 heavy (non-hydrogen) atoms. The molecule has 2 heterocycles. The Labute approximate surface area is 165 Å². The molecule has 0 spiro atoms. The zero-order valence-corrected chi connectivity index (χ0v) is 16.6. The minimum Gasteiger partial charge on any atom is -0.486 e. The SMILES string of the molecule is C=CCNC(=NCCn1cnnc1CC)N(C)Cc1ccc2c(c1)OCCO2. The van der Waals surface area contributed by atoms with Gasteiger partial charge >= 0.3 is 0 Å².